The molecule has 0 spiro atoms. The van der Waals surface area contributed by atoms with Crippen LogP contribution >= 0.6 is 0 Å². The lowest BCUT2D eigenvalue weighted by Gasteiger charge is -2.12. The number of hydrogen-bond acceptors (Lipinski definition) is 3. The highest BCUT2D eigenvalue weighted by Crippen LogP contribution is 2.17. The Morgan fingerprint density at radius 2 is 1.92 bits per heavy atom. The van der Waals surface area contributed by atoms with Gasteiger partial charge in [0.05, 0.1) is 0 Å². The quantitative estimate of drug-likeness (QED) is 0.528. The van der Waals surface area contributed by atoms with E-state index in [4.69, 9.17) is 4.74 Å². The standard InChI is InChI=1S/C9H9O4/c1-12-8(13-9(10)11)7-5-3-2-4-6-7/h2-6,8H,1H3. The maximum Gasteiger partial charge on any atom is 0.552 e. The van der Waals surface area contributed by atoms with E-state index in [1.165, 1.54) is 7.11 Å². The summed E-state index contributed by atoms with van der Waals surface area (Å²) in [6.45, 7) is 0. The molecule has 0 aliphatic carbocycles. The molecule has 4 heteroatoms. The minimum Gasteiger partial charge on any atom is -0.397 e. The van der Waals surface area contributed by atoms with E-state index in [0.717, 1.165) is 0 Å². The van der Waals surface area contributed by atoms with E-state index in [0.29, 0.717) is 5.56 Å². The average molecular weight is 181 g/mol. The zero-order valence-electron chi connectivity index (χ0n) is 7.10. The predicted octanol–water partition coefficient (Wildman–Crippen LogP) is 1.90. The zero-order chi connectivity index (χ0) is 9.68. The Labute approximate surface area is 75.7 Å². The van der Waals surface area contributed by atoms with Gasteiger partial charge >= 0.3 is 6.16 Å². The molecule has 0 aliphatic heterocycles. The van der Waals surface area contributed by atoms with Gasteiger partial charge in [0.2, 0.25) is 6.29 Å². The Morgan fingerprint density at radius 3 is 2.38 bits per heavy atom. The lowest BCUT2D eigenvalue weighted by Crippen LogP contribution is -2.09. The molecule has 4 nitrogen and oxygen atoms in total. The summed E-state index contributed by atoms with van der Waals surface area (Å²) in [7, 11) is 1.36. The van der Waals surface area contributed by atoms with Gasteiger partial charge in [0.1, 0.15) is 0 Å². The molecule has 1 radical (unpaired) electrons. The second-order valence-electron chi connectivity index (χ2n) is 2.35. The number of methoxy groups -OCH3 is 1. The van der Waals surface area contributed by atoms with E-state index in [-0.39, 0.29) is 0 Å². The van der Waals surface area contributed by atoms with E-state index < -0.39 is 12.4 Å². The Kier molecular flexibility index (Phi) is 3.28. The molecule has 0 aromatic heterocycles. The molecule has 1 aromatic rings. The molecular weight excluding hydrogens is 172 g/mol. The van der Waals surface area contributed by atoms with Crippen molar-refractivity contribution < 1.29 is 19.4 Å². The van der Waals surface area contributed by atoms with E-state index in [1.807, 2.05) is 6.07 Å². The first-order valence-electron chi connectivity index (χ1n) is 3.69. The fraction of sp³-hybridized carbons (Fsp3) is 0.222. The summed E-state index contributed by atoms with van der Waals surface area (Å²) in [5, 5.41) is 10.1. The topological polar surface area (TPSA) is 55.4 Å². The van der Waals surface area contributed by atoms with Crippen molar-refractivity contribution in [3.63, 3.8) is 0 Å². The van der Waals surface area contributed by atoms with Gasteiger partial charge in [0.25, 0.3) is 0 Å². The first-order valence-corrected chi connectivity index (χ1v) is 3.69. The van der Waals surface area contributed by atoms with Crippen LogP contribution in [0.4, 0.5) is 4.79 Å². The maximum atomic E-state index is 10.1. The summed E-state index contributed by atoms with van der Waals surface area (Å²) in [6.07, 6.45) is -2.51. The first-order chi connectivity index (χ1) is 6.24. The molecule has 0 aliphatic rings. The minimum absolute atomic E-state index is 0.634. The number of rotatable bonds is 3. The van der Waals surface area contributed by atoms with Crippen molar-refractivity contribution >= 4 is 6.16 Å². The van der Waals surface area contributed by atoms with Gasteiger partial charge in [0.15, 0.2) is 0 Å². The minimum atomic E-state index is -1.60. The van der Waals surface area contributed by atoms with Crippen molar-refractivity contribution in [1.29, 1.82) is 0 Å². The number of carbonyl (C=O) groups is 1. The Balaban J connectivity index is 2.73. The summed E-state index contributed by atoms with van der Waals surface area (Å²) < 4.78 is 9.17. The van der Waals surface area contributed by atoms with Gasteiger partial charge in [-0.15, -0.1) is 0 Å². The van der Waals surface area contributed by atoms with Gasteiger partial charge in [-0.3, -0.25) is 0 Å². The fourth-order valence-corrected chi connectivity index (χ4v) is 0.950. The monoisotopic (exact) mass is 181 g/mol. The molecule has 69 valence electrons. The molecule has 0 saturated heterocycles. The third kappa shape index (κ3) is 2.76. The molecule has 13 heavy (non-hydrogen) atoms. The highest BCUT2D eigenvalue weighted by molar-refractivity contribution is 5.56. The van der Waals surface area contributed by atoms with Crippen LogP contribution in [-0.2, 0) is 14.6 Å². The molecule has 0 N–H and O–H groups in total. The van der Waals surface area contributed by atoms with Crippen molar-refractivity contribution in [3.05, 3.63) is 35.9 Å². The average Bonchev–Trinajstić information content (AvgIpc) is 2.15. The third-order valence-electron chi connectivity index (χ3n) is 1.49. The van der Waals surface area contributed by atoms with Crippen LogP contribution in [0.25, 0.3) is 0 Å². The van der Waals surface area contributed by atoms with Crippen LogP contribution in [0.5, 0.6) is 0 Å². The molecule has 1 rings (SSSR count). The number of hydrogen-bond donors (Lipinski definition) is 0. The van der Waals surface area contributed by atoms with Crippen molar-refractivity contribution in [2.45, 2.75) is 6.29 Å². The van der Waals surface area contributed by atoms with E-state index in [9.17, 15) is 9.90 Å². The number of ether oxygens (including phenoxy) is 2. The predicted molar refractivity (Wildman–Crippen MR) is 43.4 cm³/mol. The fourth-order valence-electron chi connectivity index (χ4n) is 0.950. The molecule has 0 amide bonds. The zero-order valence-corrected chi connectivity index (χ0v) is 7.10. The number of benzene rings is 1. The van der Waals surface area contributed by atoms with Gasteiger partial charge in [-0.2, -0.15) is 9.90 Å². The molecule has 0 bridgehead atoms. The molecule has 1 atom stereocenters. The molecule has 1 aromatic carbocycles. The maximum absolute atomic E-state index is 10.1. The Morgan fingerprint density at radius 1 is 1.31 bits per heavy atom. The summed E-state index contributed by atoms with van der Waals surface area (Å²) in [4.78, 5) is 10.1. The summed E-state index contributed by atoms with van der Waals surface area (Å²) in [6, 6.07) is 8.75. The third-order valence-corrected chi connectivity index (χ3v) is 1.49. The van der Waals surface area contributed by atoms with Gasteiger partial charge in [0, 0.05) is 12.7 Å². The normalized spacial score (nSPS) is 12.1. The Hall–Kier alpha value is -1.55. The van der Waals surface area contributed by atoms with Crippen molar-refractivity contribution in [3.8, 4) is 0 Å². The van der Waals surface area contributed by atoms with Crippen molar-refractivity contribution in [2.24, 2.45) is 0 Å². The van der Waals surface area contributed by atoms with Crippen molar-refractivity contribution in [1.82, 2.24) is 0 Å². The highest BCUT2D eigenvalue weighted by Gasteiger charge is 2.15. The van der Waals surface area contributed by atoms with Crippen molar-refractivity contribution in [2.75, 3.05) is 7.11 Å². The Bertz CT molecular complexity index is 270. The van der Waals surface area contributed by atoms with Crippen LogP contribution in [-0.4, -0.2) is 13.3 Å². The summed E-state index contributed by atoms with van der Waals surface area (Å²) in [5.41, 5.74) is 0.634. The van der Waals surface area contributed by atoms with Crippen LogP contribution in [0.2, 0.25) is 0 Å². The van der Waals surface area contributed by atoms with E-state index in [1.54, 1.807) is 24.3 Å². The van der Waals surface area contributed by atoms with Gasteiger partial charge in [-0.05, 0) is 0 Å². The van der Waals surface area contributed by atoms with Crippen LogP contribution in [0.3, 0.4) is 0 Å². The lowest BCUT2D eigenvalue weighted by atomic mass is 10.2. The summed E-state index contributed by atoms with van der Waals surface area (Å²) >= 11 is 0. The van der Waals surface area contributed by atoms with Gasteiger partial charge in [-0.25, -0.2) is 0 Å². The largest absolute Gasteiger partial charge is 0.552 e. The molecule has 0 fully saturated rings. The molecule has 0 heterocycles. The van der Waals surface area contributed by atoms with Crippen LogP contribution in [0, 0.1) is 0 Å². The van der Waals surface area contributed by atoms with Crippen LogP contribution in [0.1, 0.15) is 11.9 Å². The van der Waals surface area contributed by atoms with Gasteiger partial charge in [-0.1, -0.05) is 30.3 Å². The first kappa shape index (κ1) is 9.54. The lowest BCUT2D eigenvalue weighted by molar-refractivity contribution is -0.106. The second kappa shape index (κ2) is 4.47. The van der Waals surface area contributed by atoms with E-state index >= 15 is 0 Å². The number of carbonyl (C=O) groups excluding carboxylic acids is 1. The molecular formula is C9H9O4. The van der Waals surface area contributed by atoms with Crippen LogP contribution in [0.15, 0.2) is 30.3 Å². The van der Waals surface area contributed by atoms with Gasteiger partial charge < -0.3 is 9.47 Å². The smallest absolute Gasteiger partial charge is 0.397 e. The molecule has 0 saturated carbocycles. The van der Waals surface area contributed by atoms with Crippen LogP contribution < -0.4 is 0 Å². The molecule has 1 unspecified atom stereocenters. The SMILES string of the molecule is COC(OC([O])=O)c1ccccc1. The van der Waals surface area contributed by atoms with E-state index in [2.05, 4.69) is 4.74 Å². The summed E-state index contributed by atoms with van der Waals surface area (Å²) in [5.74, 6) is 0. The highest BCUT2D eigenvalue weighted by atomic mass is 16.7. The second-order valence-corrected chi connectivity index (χ2v) is 2.35.